The number of carbonyl (C=O) groups excluding carboxylic acids is 1. The van der Waals surface area contributed by atoms with Crippen molar-refractivity contribution in [3.05, 3.63) is 27.5 Å². The molecular weight excluding hydrogens is 319 g/mol. The first-order chi connectivity index (χ1) is 8.01. The van der Waals surface area contributed by atoms with Crippen LogP contribution in [0.1, 0.15) is 35.0 Å². The van der Waals surface area contributed by atoms with Crippen LogP contribution < -0.4 is 0 Å². The van der Waals surface area contributed by atoms with Crippen LogP contribution in [0.2, 0.25) is 0 Å². The Balaban J connectivity index is 3.36. The fraction of sp³-hybridized carbons (Fsp3) is 0.400. The molecule has 0 N–H and O–H groups in total. The average molecular weight is 329 g/mol. The number of nitrogens with zero attached hydrogens (tertiary/aromatic N) is 1. The third-order valence-electron chi connectivity index (χ3n) is 1.93. The van der Waals surface area contributed by atoms with Crippen LogP contribution >= 0.6 is 27.5 Å². The molecule has 0 aliphatic heterocycles. The highest BCUT2D eigenvalue weighted by atomic mass is 79.9. The molecule has 1 rings (SSSR count). The number of rotatable bonds is 4. The van der Waals surface area contributed by atoms with Gasteiger partial charge in [-0.25, -0.2) is 18.6 Å². The Bertz CT molecular complexity index is 429. The first-order valence-electron chi connectivity index (χ1n) is 4.71. The van der Waals surface area contributed by atoms with Gasteiger partial charge >= 0.3 is 5.97 Å². The Kier molecular flexibility index (Phi) is 5.27. The Hall–Kier alpha value is -0.750. The molecule has 1 aromatic rings. The van der Waals surface area contributed by atoms with Crippen molar-refractivity contribution in [1.82, 2.24) is 4.98 Å². The first-order valence-corrected chi connectivity index (χ1v) is 6.04. The topological polar surface area (TPSA) is 39.2 Å². The maximum atomic E-state index is 12.8. The summed E-state index contributed by atoms with van der Waals surface area (Å²) in [6, 6.07) is 1.09. The Morgan fingerprint density at radius 3 is 2.76 bits per heavy atom. The van der Waals surface area contributed by atoms with E-state index in [-0.39, 0.29) is 28.3 Å². The van der Waals surface area contributed by atoms with Gasteiger partial charge in [0.15, 0.2) is 0 Å². The van der Waals surface area contributed by atoms with Gasteiger partial charge in [-0.1, -0.05) is 0 Å². The third-order valence-corrected chi connectivity index (χ3v) is 2.59. The Labute approximate surface area is 110 Å². The summed E-state index contributed by atoms with van der Waals surface area (Å²) < 4.78 is 30.6. The molecule has 0 aliphatic rings. The second-order valence-corrected chi connectivity index (χ2v) is 4.09. The molecule has 0 aromatic carbocycles. The van der Waals surface area contributed by atoms with Gasteiger partial charge in [0.2, 0.25) is 0 Å². The molecule has 0 bridgehead atoms. The molecule has 0 unspecified atom stereocenters. The van der Waals surface area contributed by atoms with Crippen LogP contribution in [0.25, 0.3) is 0 Å². The molecule has 0 fully saturated rings. The molecule has 0 saturated carbocycles. The maximum absolute atomic E-state index is 12.8. The lowest BCUT2D eigenvalue weighted by atomic mass is 10.1. The molecule has 0 radical (unpaired) electrons. The SMILES string of the molecule is CCOC(=O)c1c(C(F)F)cc(Br)nc1CCl. The van der Waals surface area contributed by atoms with E-state index in [2.05, 4.69) is 20.9 Å². The number of aromatic nitrogens is 1. The van der Waals surface area contributed by atoms with Gasteiger partial charge in [-0.3, -0.25) is 0 Å². The number of hydrogen-bond acceptors (Lipinski definition) is 3. The van der Waals surface area contributed by atoms with E-state index < -0.39 is 18.0 Å². The average Bonchev–Trinajstić information content (AvgIpc) is 2.27. The van der Waals surface area contributed by atoms with Crippen LogP contribution in [0.15, 0.2) is 10.7 Å². The van der Waals surface area contributed by atoms with E-state index >= 15 is 0 Å². The van der Waals surface area contributed by atoms with Crippen molar-refractivity contribution in [3.63, 3.8) is 0 Å². The number of carbonyl (C=O) groups is 1. The lowest BCUT2D eigenvalue weighted by Gasteiger charge is -2.11. The molecule has 17 heavy (non-hydrogen) atoms. The minimum atomic E-state index is -2.80. The molecule has 1 heterocycles. The first kappa shape index (κ1) is 14.3. The van der Waals surface area contributed by atoms with Crippen LogP contribution in [0.5, 0.6) is 0 Å². The van der Waals surface area contributed by atoms with Gasteiger partial charge < -0.3 is 4.74 Å². The van der Waals surface area contributed by atoms with Gasteiger partial charge in [-0.15, -0.1) is 11.6 Å². The zero-order valence-corrected chi connectivity index (χ0v) is 11.2. The molecule has 0 spiro atoms. The van der Waals surface area contributed by atoms with Crippen LogP contribution in [0.4, 0.5) is 8.78 Å². The van der Waals surface area contributed by atoms with Crippen molar-refractivity contribution in [1.29, 1.82) is 0 Å². The molecule has 0 aliphatic carbocycles. The molecule has 0 saturated heterocycles. The zero-order chi connectivity index (χ0) is 13.0. The van der Waals surface area contributed by atoms with E-state index in [1.807, 2.05) is 0 Å². The van der Waals surface area contributed by atoms with E-state index in [9.17, 15) is 13.6 Å². The number of pyridine rings is 1. The van der Waals surface area contributed by atoms with E-state index in [0.717, 1.165) is 6.07 Å². The summed E-state index contributed by atoms with van der Waals surface area (Å²) in [5.74, 6) is -0.980. The van der Waals surface area contributed by atoms with E-state index in [4.69, 9.17) is 16.3 Å². The Morgan fingerprint density at radius 2 is 2.29 bits per heavy atom. The highest BCUT2D eigenvalue weighted by molar-refractivity contribution is 9.10. The van der Waals surface area contributed by atoms with Crippen LogP contribution in [0.3, 0.4) is 0 Å². The Morgan fingerprint density at radius 1 is 1.65 bits per heavy atom. The van der Waals surface area contributed by atoms with Gasteiger partial charge in [0.1, 0.15) is 4.60 Å². The predicted molar refractivity (Wildman–Crippen MR) is 62.4 cm³/mol. The molecule has 0 amide bonds. The minimum absolute atomic E-state index is 0.0785. The van der Waals surface area contributed by atoms with Gasteiger partial charge in [0, 0.05) is 5.56 Å². The second kappa shape index (κ2) is 6.26. The summed E-state index contributed by atoms with van der Waals surface area (Å²) in [4.78, 5) is 15.5. The fourth-order valence-corrected chi connectivity index (χ4v) is 1.95. The molecule has 94 valence electrons. The quantitative estimate of drug-likeness (QED) is 0.481. The normalized spacial score (nSPS) is 10.7. The summed E-state index contributed by atoms with van der Waals surface area (Å²) in [6.45, 7) is 1.69. The maximum Gasteiger partial charge on any atom is 0.340 e. The lowest BCUT2D eigenvalue weighted by Crippen LogP contribution is -2.13. The van der Waals surface area contributed by atoms with Crippen LogP contribution in [0, 0.1) is 0 Å². The van der Waals surface area contributed by atoms with Gasteiger partial charge in [0.25, 0.3) is 6.43 Å². The van der Waals surface area contributed by atoms with Crippen molar-refractivity contribution in [2.75, 3.05) is 6.61 Å². The smallest absolute Gasteiger partial charge is 0.340 e. The molecule has 0 atom stereocenters. The zero-order valence-electron chi connectivity index (χ0n) is 8.84. The van der Waals surface area contributed by atoms with E-state index in [1.165, 1.54) is 0 Å². The van der Waals surface area contributed by atoms with Crippen LogP contribution in [-0.2, 0) is 10.6 Å². The number of hydrogen-bond donors (Lipinski definition) is 0. The monoisotopic (exact) mass is 327 g/mol. The third kappa shape index (κ3) is 3.35. The summed E-state index contributed by atoms with van der Waals surface area (Å²) >= 11 is 8.58. The second-order valence-electron chi connectivity index (χ2n) is 3.01. The summed E-state index contributed by atoms with van der Waals surface area (Å²) in [5.41, 5.74) is -0.601. The van der Waals surface area contributed by atoms with Gasteiger partial charge in [-0.2, -0.15) is 0 Å². The van der Waals surface area contributed by atoms with Crippen LogP contribution in [-0.4, -0.2) is 17.6 Å². The molecule has 7 heteroatoms. The number of alkyl halides is 3. The van der Waals surface area contributed by atoms with Crippen molar-refractivity contribution in [3.8, 4) is 0 Å². The lowest BCUT2D eigenvalue weighted by molar-refractivity contribution is 0.0513. The largest absolute Gasteiger partial charge is 0.462 e. The summed E-state index contributed by atoms with van der Waals surface area (Å²) in [5, 5.41) is 0. The van der Waals surface area contributed by atoms with Crippen molar-refractivity contribution in [2.24, 2.45) is 0 Å². The number of esters is 1. The van der Waals surface area contributed by atoms with Crippen molar-refractivity contribution in [2.45, 2.75) is 19.2 Å². The van der Waals surface area contributed by atoms with E-state index in [1.54, 1.807) is 6.92 Å². The fourth-order valence-electron chi connectivity index (χ4n) is 1.29. The summed E-state index contributed by atoms with van der Waals surface area (Å²) in [7, 11) is 0. The van der Waals surface area contributed by atoms with Gasteiger partial charge in [0.05, 0.1) is 23.7 Å². The van der Waals surface area contributed by atoms with Crippen molar-refractivity contribution >= 4 is 33.5 Å². The minimum Gasteiger partial charge on any atom is -0.462 e. The summed E-state index contributed by atoms with van der Waals surface area (Å²) in [6.07, 6.45) is -2.80. The van der Waals surface area contributed by atoms with Crippen molar-refractivity contribution < 1.29 is 18.3 Å². The van der Waals surface area contributed by atoms with Gasteiger partial charge in [-0.05, 0) is 28.9 Å². The molecule has 1 aromatic heterocycles. The standard InChI is InChI=1S/C10H9BrClF2NO2/c1-2-17-10(16)8-5(9(13)14)3-7(11)15-6(8)4-12/h3,9H,2,4H2,1H3. The number of halogens is 4. The molecular formula is C10H9BrClF2NO2. The molecule has 3 nitrogen and oxygen atoms in total. The highest BCUT2D eigenvalue weighted by Gasteiger charge is 2.24. The highest BCUT2D eigenvalue weighted by Crippen LogP contribution is 2.28. The predicted octanol–water partition coefficient (Wildman–Crippen LogP) is 3.70. The number of ether oxygens (including phenoxy) is 1. The van der Waals surface area contributed by atoms with E-state index in [0.29, 0.717) is 0 Å².